The first-order chi connectivity index (χ1) is 19.8. The molecule has 41 heavy (non-hydrogen) atoms. The van der Waals surface area contributed by atoms with Gasteiger partial charge in [0.25, 0.3) is 5.91 Å². The van der Waals surface area contributed by atoms with Crippen molar-refractivity contribution in [2.45, 2.75) is 32.2 Å². The number of thiazole rings is 1. The summed E-state index contributed by atoms with van der Waals surface area (Å²) in [7, 11) is -3.99. The predicted octanol–water partition coefficient (Wildman–Crippen LogP) is 3.35. The van der Waals surface area contributed by atoms with Gasteiger partial charge in [0.2, 0.25) is 0 Å². The van der Waals surface area contributed by atoms with E-state index in [9.17, 15) is 23.8 Å². The molecule has 13 heteroatoms. The van der Waals surface area contributed by atoms with Crippen molar-refractivity contribution in [2.24, 2.45) is 0 Å². The topological polar surface area (TPSA) is 147 Å². The molecule has 11 nitrogen and oxygen atoms in total. The summed E-state index contributed by atoms with van der Waals surface area (Å²) in [5.41, 5.74) is 1.55. The van der Waals surface area contributed by atoms with E-state index in [4.69, 9.17) is 9.26 Å². The Bertz CT molecular complexity index is 1380. The van der Waals surface area contributed by atoms with E-state index in [1.807, 2.05) is 37.3 Å². The molecule has 0 bridgehead atoms. The molecule has 1 saturated heterocycles. The van der Waals surface area contributed by atoms with Gasteiger partial charge in [-0.15, -0.1) is 11.3 Å². The minimum absolute atomic E-state index is 0.0260. The number of ether oxygens (including phenoxy) is 1. The smallest absolute Gasteiger partial charge is 0.375 e. The van der Waals surface area contributed by atoms with Gasteiger partial charge < -0.3 is 29.7 Å². The molecule has 3 aromatic rings. The number of unbranched alkanes of at least 4 members (excludes halogenated alkanes) is 1. The van der Waals surface area contributed by atoms with E-state index < -0.39 is 31.6 Å². The van der Waals surface area contributed by atoms with Crippen molar-refractivity contribution in [3.63, 3.8) is 0 Å². The molecule has 2 amide bonds. The van der Waals surface area contributed by atoms with Crippen molar-refractivity contribution >= 4 is 42.2 Å². The second-order valence-electron chi connectivity index (χ2n) is 9.43. The molecule has 2 unspecified atom stereocenters. The fraction of sp³-hybridized carbons (Fsp3) is 0.357. The van der Waals surface area contributed by atoms with Gasteiger partial charge in [0.1, 0.15) is 16.7 Å². The van der Waals surface area contributed by atoms with E-state index in [0.717, 1.165) is 12.0 Å². The van der Waals surface area contributed by atoms with E-state index in [0.29, 0.717) is 43.2 Å². The quantitative estimate of drug-likeness (QED) is 0.130. The first-order valence-electron chi connectivity index (χ1n) is 13.4. The Balaban J connectivity index is 1.49. The molecule has 0 saturated carbocycles. The number of carbonyl (C=O) groups is 3. The van der Waals surface area contributed by atoms with Gasteiger partial charge in [-0.3, -0.25) is 9.36 Å². The molecular weight excluding hydrogens is 567 g/mol. The van der Waals surface area contributed by atoms with Crippen molar-refractivity contribution in [1.82, 2.24) is 20.5 Å². The minimum Gasteiger partial charge on any atom is -0.375 e. The van der Waals surface area contributed by atoms with E-state index >= 15 is 0 Å². The lowest BCUT2D eigenvalue weighted by Gasteiger charge is -2.27. The van der Waals surface area contributed by atoms with Gasteiger partial charge >= 0.3 is 19.7 Å². The fourth-order valence-electron chi connectivity index (χ4n) is 4.05. The molecule has 2 heterocycles. The fourth-order valence-corrected chi connectivity index (χ4v) is 5.91. The van der Waals surface area contributed by atoms with Crippen LogP contribution in [0.2, 0.25) is 0 Å². The number of piperazine rings is 1. The first kappa shape index (κ1) is 30.5. The second-order valence-corrected chi connectivity index (χ2v) is 12.1. The van der Waals surface area contributed by atoms with Gasteiger partial charge in [0.15, 0.2) is 0 Å². The van der Waals surface area contributed by atoms with Gasteiger partial charge in [-0.1, -0.05) is 55.8 Å². The summed E-state index contributed by atoms with van der Waals surface area (Å²) in [5.74, 6) is -1.51. The molecule has 1 aliphatic rings. The molecule has 218 valence electrons. The van der Waals surface area contributed by atoms with Crippen LogP contribution in [-0.4, -0.2) is 71.6 Å². The molecule has 1 aliphatic heterocycles. The van der Waals surface area contributed by atoms with E-state index in [1.165, 1.54) is 28.4 Å². The van der Waals surface area contributed by atoms with Gasteiger partial charge in [0, 0.05) is 43.5 Å². The molecule has 2 atom stereocenters. The van der Waals surface area contributed by atoms with Crippen LogP contribution in [0, 0.1) is 0 Å². The largest absolute Gasteiger partial charge is 0.417 e. The number of amides is 2. The number of hydrogen-bond donors (Lipinski definition) is 3. The summed E-state index contributed by atoms with van der Waals surface area (Å²) >= 11 is 1.29. The lowest BCUT2D eigenvalue weighted by molar-refractivity contribution is -0.140. The minimum atomic E-state index is -3.99. The van der Waals surface area contributed by atoms with Crippen molar-refractivity contribution in [3.05, 3.63) is 71.2 Å². The first-order valence-corrected chi connectivity index (χ1v) is 15.8. The number of benzene rings is 2. The Morgan fingerprint density at radius 3 is 2.51 bits per heavy atom. The lowest BCUT2D eigenvalue weighted by atomic mass is 10.1. The van der Waals surface area contributed by atoms with Crippen LogP contribution in [0.1, 0.15) is 35.8 Å². The third-order valence-electron chi connectivity index (χ3n) is 6.38. The Morgan fingerprint density at radius 1 is 1.12 bits per heavy atom. The third kappa shape index (κ3) is 8.54. The Hall–Kier alpha value is -3.41. The number of esters is 1. The summed E-state index contributed by atoms with van der Waals surface area (Å²) in [5, 5.41) is 8.13. The lowest BCUT2D eigenvalue weighted by Crippen LogP contribution is -2.49. The van der Waals surface area contributed by atoms with Crippen LogP contribution in [0.5, 0.6) is 0 Å². The SMILES string of the molecule is CCCCOP(=O)(O)c1ccc(CC(NC(=O)c2csc(-c3ccccc3)n2)C(=O)OC(=O)N2CCNCC2)cc1. The summed E-state index contributed by atoms with van der Waals surface area (Å²) in [6, 6.07) is 14.2. The van der Waals surface area contributed by atoms with E-state index in [2.05, 4.69) is 15.6 Å². The van der Waals surface area contributed by atoms with Crippen molar-refractivity contribution in [2.75, 3.05) is 32.8 Å². The van der Waals surface area contributed by atoms with Crippen LogP contribution in [0.15, 0.2) is 60.0 Å². The maximum Gasteiger partial charge on any atom is 0.417 e. The maximum atomic E-state index is 13.1. The van der Waals surface area contributed by atoms with Crippen LogP contribution in [0.3, 0.4) is 0 Å². The molecule has 0 radical (unpaired) electrons. The Morgan fingerprint density at radius 2 is 1.83 bits per heavy atom. The number of carbonyl (C=O) groups excluding carboxylic acids is 3. The zero-order chi connectivity index (χ0) is 29.2. The van der Waals surface area contributed by atoms with Crippen molar-refractivity contribution < 1.29 is 33.1 Å². The van der Waals surface area contributed by atoms with Gasteiger partial charge in [-0.05, 0) is 24.1 Å². The highest BCUT2D eigenvalue weighted by Crippen LogP contribution is 2.40. The van der Waals surface area contributed by atoms with Gasteiger partial charge in [-0.2, -0.15) is 0 Å². The number of rotatable bonds is 11. The number of hydrogen-bond acceptors (Lipinski definition) is 9. The summed E-state index contributed by atoms with van der Waals surface area (Å²) in [4.78, 5) is 55.0. The molecule has 3 N–H and O–H groups in total. The van der Waals surface area contributed by atoms with Crippen LogP contribution in [0.25, 0.3) is 10.6 Å². The molecular formula is C28H33N4O7PS. The van der Waals surface area contributed by atoms with Crippen molar-refractivity contribution in [1.29, 1.82) is 0 Å². The monoisotopic (exact) mass is 600 g/mol. The van der Waals surface area contributed by atoms with Crippen LogP contribution in [0.4, 0.5) is 4.79 Å². The molecule has 2 aromatic carbocycles. The summed E-state index contributed by atoms with van der Waals surface area (Å²) in [6.45, 7) is 4.07. The highest BCUT2D eigenvalue weighted by atomic mass is 32.1. The zero-order valence-corrected chi connectivity index (χ0v) is 24.4. The van der Waals surface area contributed by atoms with E-state index in [-0.39, 0.29) is 24.0 Å². The highest BCUT2D eigenvalue weighted by Gasteiger charge is 2.29. The second kappa shape index (κ2) is 14.5. The Labute approximate surface area is 242 Å². The summed E-state index contributed by atoms with van der Waals surface area (Å²) < 4.78 is 22.9. The van der Waals surface area contributed by atoms with Crippen LogP contribution >= 0.6 is 18.9 Å². The van der Waals surface area contributed by atoms with Gasteiger partial charge in [0.05, 0.1) is 11.9 Å². The van der Waals surface area contributed by atoms with Gasteiger partial charge in [-0.25, -0.2) is 14.6 Å². The summed E-state index contributed by atoms with van der Waals surface area (Å²) in [6.07, 6.45) is 0.678. The van der Waals surface area contributed by atoms with Crippen LogP contribution < -0.4 is 15.9 Å². The normalized spacial score (nSPS) is 15.5. The van der Waals surface area contributed by atoms with Crippen molar-refractivity contribution in [3.8, 4) is 10.6 Å². The third-order valence-corrected chi connectivity index (χ3v) is 8.75. The number of aromatic nitrogens is 1. The van der Waals surface area contributed by atoms with E-state index in [1.54, 1.807) is 17.5 Å². The number of nitrogens with zero attached hydrogens (tertiary/aromatic N) is 2. The Kier molecular flexibility index (Phi) is 10.8. The molecule has 4 rings (SSSR count). The molecule has 1 fully saturated rings. The average Bonchev–Trinajstić information content (AvgIpc) is 3.49. The van der Waals surface area contributed by atoms with Crippen LogP contribution in [-0.2, 0) is 25.0 Å². The number of nitrogens with one attached hydrogen (secondary N) is 2. The molecule has 0 aliphatic carbocycles. The standard InChI is InChI=1S/C28H33N4O7PS/c1-2-3-17-38-40(36,37)22-11-9-20(10-12-22)18-23(27(34)39-28(35)32-15-13-29-14-16-32)30-25(33)24-19-41-26(31-24)21-7-5-4-6-8-21/h4-12,19,23,29H,2-3,13-18H2,1H3,(H,30,33)(H,36,37). The predicted molar refractivity (Wildman–Crippen MR) is 155 cm³/mol. The zero-order valence-electron chi connectivity index (χ0n) is 22.7. The maximum absolute atomic E-state index is 13.1. The highest BCUT2D eigenvalue weighted by molar-refractivity contribution is 7.61. The average molecular weight is 601 g/mol. The molecule has 0 spiro atoms. The molecule has 1 aromatic heterocycles.